The number of carbonyl (C=O) groups excluding carboxylic acids is 3. The van der Waals surface area contributed by atoms with Gasteiger partial charge < -0.3 is 25.4 Å². The van der Waals surface area contributed by atoms with Crippen LogP contribution in [0.15, 0.2) is 48.5 Å². The van der Waals surface area contributed by atoms with Crippen LogP contribution < -0.4 is 10.6 Å². The van der Waals surface area contributed by atoms with E-state index in [4.69, 9.17) is 11.2 Å². The quantitative estimate of drug-likeness (QED) is 0.192. The third-order valence-corrected chi connectivity index (χ3v) is 6.55. The largest absolute Gasteiger partial charge is 0.508 e. The summed E-state index contributed by atoms with van der Waals surface area (Å²) in [6, 6.07) is 11.3. The van der Waals surface area contributed by atoms with Gasteiger partial charge in [0.25, 0.3) is 0 Å². The van der Waals surface area contributed by atoms with Crippen molar-refractivity contribution in [3.8, 4) is 18.1 Å². The summed E-state index contributed by atoms with van der Waals surface area (Å²) in [5.41, 5.74) is 0.999. The molecule has 2 aromatic carbocycles. The highest BCUT2D eigenvalue weighted by Gasteiger charge is 2.37. The molecular weight excluding hydrogens is 530 g/mol. The highest BCUT2D eigenvalue weighted by molar-refractivity contribution is 5.92. The minimum atomic E-state index is -1.05. The van der Waals surface area contributed by atoms with Crippen LogP contribution in [0, 0.1) is 12.3 Å². The highest BCUT2D eigenvalue weighted by Crippen LogP contribution is 2.27. The monoisotopic (exact) mass is 577 g/mol. The number of terminal acetylenes is 1. The molecule has 2 unspecified atom stereocenters. The Balaban J connectivity index is 2.60. The smallest absolute Gasteiger partial charge is 0.408 e. The Morgan fingerprint density at radius 3 is 2.21 bits per heavy atom. The summed E-state index contributed by atoms with van der Waals surface area (Å²) in [6.45, 7) is 11.4. The summed E-state index contributed by atoms with van der Waals surface area (Å²) in [4.78, 5) is 42.8. The fourth-order valence-corrected chi connectivity index (χ4v) is 4.65. The molecule has 3 N–H and O–H groups in total. The van der Waals surface area contributed by atoms with Gasteiger partial charge in [0.15, 0.2) is 0 Å². The number of unbranched alkanes of at least 4 members (excludes halogenated alkanes) is 4. The van der Waals surface area contributed by atoms with Gasteiger partial charge in [-0.2, -0.15) is 0 Å². The molecule has 8 nitrogen and oxygen atoms in total. The molecule has 0 saturated heterocycles. The number of phenolic OH excluding ortho intramolecular Hbond substituents is 1. The lowest BCUT2D eigenvalue weighted by atomic mass is 9.96. The van der Waals surface area contributed by atoms with Crippen molar-refractivity contribution >= 4 is 17.9 Å². The molecule has 3 amide bonds. The van der Waals surface area contributed by atoms with Gasteiger partial charge in [0.2, 0.25) is 11.8 Å². The predicted molar refractivity (Wildman–Crippen MR) is 166 cm³/mol. The average molecular weight is 578 g/mol. The molecule has 228 valence electrons. The number of ether oxygens (including phenoxy) is 1. The lowest BCUT2D eigenvalue weighted by molar-refractivity contribution is -0.142. The van der Waals surface area contributed by atoms with Crippen LogP contribution >= 0.6 is 0 Å². The maximum atomic E-state index is 14.5. The second-order valence-electron chi connectivity index (χ2n) is 11.8. The van der Waals surface area contributed by atoms with Crippen LogP contribution in [0.25, 0.3) is 0 Å². The molecule has 2 rings (SSSR count). The van der Waals surface area contributed by atoms with E-state index in [0.29, 0.717) is 24.1 Å². The number of hydrogen-bond acceptors (Lipinski definition) is 5. The molecule has 0 aliphatic rings. The molecule has 8 heteroatoms. The van der Waals surface area contributed by atoms with Crippen LogP contribution in [0.5, 0.6) is 5.75 Å². The van der Waals surface area contributed by atoms with Crippen LogP contribution in [0.3, 0.4) is 0 Å². The van der Waals surface area contributed by atoms with Gasteiger partial charge in [-0.05, 0) is 70.4 Å². The number of nitrogens with one attached hydrogen (secondary N) is 2. The minimum Gasteiger partial charge on any atom is -0.508 e. The number of alkyl carbamates (subject to hydrolysis) is 1. The van der Waals surface area contributed by atoms with E-state index in [1.165, 1.54) is 12.1 Å². The number of phenols is 1. The van der Waals surface area contributed by atoms with Gasteiger partial charge in [-0.3, -0.25) is 9.59 Å². The van der Waals surface area contributed by atoms with Crippen LogP contribution in [0.4, 0.5) is 4.79 Å². The van der Waals surface area contributed by atoms with Crippen molar-refractivity contribution in [3.63, 3.8) is 0 Å². The fraction of sp³-hybridized carbons (Fsp3) is 0.500. The second kappa shape index (κ2) is 16.5. The zero-order chi connectivity index (χ0) is 31.3. The normalized spacial score (nSPS) is 12.6. The highest BCUT2D eigenvalue weighted by atomic mass is 16.6. The lowest BCUT2D eigenvalue weighted by Crippen LogP contribution is -2.54. The first-order valence-electron chi connectivity index (χ1n) is 14.8. The molecule has 0 fully saturated rings. The number of rotatable bonds is 14. The third kappa shape index (κ3) is 11.1. The fourth-order valence-electron chi connectivity index (χ4n) is 4.65. The molecule has 0 radical (unpaired) electrons. The van der Waals surface area contributed by atoms with Gasteiger partial charge >= 0.3 is 6.09 Å². The van der Waals surface area contributed by atoms with Crippen LogP contribution in [0.2, 0.25) is 0 Å². The Bertz CT molecular complexity index is 1210. The summed E-state index contributed by atoms with van der Waals surface area (Å²) in [5.74, 6) is 1.97. The first-order valence-corrected chi connectivity index (χ1v) is 14.8. The molecule has 0 aliphatic carbocycles. The third-order valence-electron chi connectivity index (χ3n) is 6.55. The first-order chi connectivity index (χ1) is 19.9. The van der Waals surface area contributed by atoms with E-state index in [0.717, 1.165) is 31.2 Å². The molecule has 2 atom stereocenters. The molecule has 0 bridgehead atoms. The van der Waals surface area contributed by atoms with Crippen molar-refractivity contribution in [1.29, 1.82) is 0 Å². The van der Waals surface area contributed by atoms with E-state index < -0.39 is 29.7 Å². The molecule has 0 heterocycles. The Labute approximate surface area is 251 Å². The predicted octanol–water partition coefficient (Wildman–Crippen LogP) is 5.87. The average Bonchev–Trinajstić information content (AvgIpc) is 2.91. The van der Waals surface area contributed by atoms with Gasteiger partial charge in [0.1, 0.15) is 23.4 Å². The van der Waals surface area contributed by atoms with Crippen molar-refractivity contribution < 1.29 is 24.2 Å². The maximum Gasteiger partial charge on any atom is 0.408 e. The second-order valence-corrected chi connectivity index (χ2v) is 11.8. The van der Waals surface area contributed by atoms with Gasteiger partial charge in [-0.1, -0.05) is 68.9 Å². The van der Waals surface area contributed by atoms with E-state index in [2.05, 4.69) is 23.5 Å². The van der Waals surface area contributed by atoms with Crippen LogP contribution in [0.1, 0.15) is 96.4 Å². The van der Waals surface area contributed by atoms with E-state index >= 15 is 0 Å². The van der Waals surface area contributed by atoms with Crippen molar-refractivity contribution in [2.24, 2.45) is 0 Å². The van der Waals surface area contributed by atoms with Crippen molar-refractivity contribution in [1.82, 2.24) is 15.5 Å². The maximum absolute atomic E-state index is 14.5. The number of amides is 3. The summed E-state index contributed by atoms with van der Waals surface area (Å²) >= 11 is 0. The molecule has 2 aromatic rings. The SMILES string of the molecule is C#Cc1ccccc1C(C(=O)NC(C)C)N(CCCCCCC)C(=O)C(Cc1ccc(O)cc1)NC(=O)OC(C)(C)C. The Kier molecular flexibility index (Phi) is 13.4. The van der Waals surface area contributed by atoms with Gasteiger partial charge in [-0.15, -0.1) is 6.42 Å². The van der Waals surface area contributed by atoms with E-state index in [1.807, 2.05) is 13.8 Å². The number of hydrogen-bond donors (Lipinski definition) is 3. The Hall–Kier alpha value is -3.99. The molecule has 0 spiro atoms. The van der Waals surface area contributed by atoms with Gasteiger partial charge in [0, 0.05) is 24.6 Å². The number of nitrogens with zero attached hydrogens (tertiary/aromatic N) is 1. The minimum absolute atomic E-state index is 0.0896. The summed E-state index contributed by atoms with van der Waals surface area (Å²) < 4.78 is 5.50. The first kappa shape index (κ1) is 34.2. The number of carbonyl (C=O) groups is 3. The topological polar surface area (TPSA) is 108 Å². The van der Waals surface area contributed by atoms with Gasteiger partial charge in [0.05, 0.1) is 0 Å². The number of aromatic hydroxyl groups is 1. The standard InChI is InChI=1S/C34H47N3O5/c1-8-10-11-12-15-22-37(30(31(39)35-24(3)4)28-17-14-13-16-26(28)9-2)32(40)29(36-33(41)42-34(5,6)7)23-25-18-20-27(38)21-19-25/h2,13-14,16-21,24,29-30,38H,8,10-12,15,22-23H2,1,3-7H3,(H,35,39)(H,36,41). The molecular formula is C34H47N3O5. The number of benzene rings is 2. The zero-order valence-corrected chi connectivity index (χ0v) is 25.9. The Morgan fingerprint density at radius 2 is 1.62 bits per heavy atom. The molecule has 0 aromatic heterocycles. The Morgan fingerprint density at radius 1 is 0.976 bits per heavy atom. The van der Waals surface area contributed by atoms with Crippen molar-refractivity contribution in [3.05, 3.63) is 65.2 Å². The molecule has 0 aliphatic heterocycles. The summed E-state index contributed by atoms with van der Waals surface area (Å²) in [7, 11) is 0. The van der Waals surface area contributed by atoms with Gasteiger partial charge in [-0.25, -0.2) is 4.79 Å². The van der Waals surface area contributed by atoms with Crippen molar-refractivity contribution in [2.75, 3.05) is 6.54 Å². The molecule has 42 heavy (non-hydrogen) atoms. The zero-order valence-electron chi connectivity index (χ0n) is 25.9. The van der Waals surface area contributed by atoms with Crippen LogP contribution in [-0.4, -0.2) is 52.1 Å². The molecule has 0 saturated carbocycles. The lowest BCUT2D eigenvalue weighted by Gasteiger charge is -2.35. The van der Waals surface area contributed by atoms with Crippen molar-refractivity contribution in [2.45, 2.75) is 104 Å². The van der Waals surface area contributed by atoms with E-state index in [-0.39, 0.29) is 24.1 Å². The van der Waals surface area contributed by atoms with Crippen LogP contribution in [-0.2, 0) is 20.7 Å². The summed E-state index contributed by atoms with van der Waals surface area (Å²) in [6.07, 6.45) is 9.95. The summed E-state index contributed by atoms with van der Waals surface area (Å²) in [5, 5.41) is 15.5. The van der Waals surface area contributed by atoms with E-state index in [9.17, 15) is 19.5 Å². The van der Waals surface area contributed by atoms with E-state index in [1.54, 1.807) is 62.1 Å².